The van der Waals surface area contributed by atoms with E-state index in [1.165, 1.54) is 0 Å². The Balaban J connectivity index is 2.09. The van der Waals surface area contributed by atoms with Crippen LogP contribution < -0.4 is 0 Å². The minimum Gasteiger partial charge on any atom is -0.478 e. The molecule has 0 radical (unpaired) electrons. The zero-order chi connectivity index (χ0) is 17.3. The number of carbonyl (C=O) groups is 1. The first-order chi connectivity index (χ1) is 10.8. The molecule has 0 saturated carbocycles. The third-order valence-corrected chi connectivity index (χ3v) is 3.29. The molecular formula is C15H21F3N2O3. The first-order valence-corrected chi connectivity index (χ1v) is 7.57. The maximum Gasteiger partial charge on any atom is 0.389 e. The van der Waals surface area contributed by atoms with E-state index in [9.17, 15) is 18.0 Å². The fourth-order valence-corrected chi connectivity index (χ4v) is 2.04. The highest BCUT2D eigenvalue weighted by atomic mass is 19.4. The Morgan fingerprint density at radius 2 is 1.74 bits per heavy atom. The molecule has 1 aromatic heterocycles. The van der Waals surface area contributed by atoms with Gasteiger partial charge in [0.1, 0.15) is 0 Å². The van der Waals surface area contributed by atoms with Gasteiger partial charge in [-0.2, -0.15) is 18.2 Å². The number of rotatable bonds is 11. The Morgan fingerprint density at radius 3 is 2.35 bits per heavy atom. The van der Waals surface area contributed by atoms with Gasteiger partial charge in [0.05, 0.1) is 6.42 Å². The molecule has 0 aromatic carbocycles. The molecule has 130 valence electrons. The van der Waals surface area contributed by atoms with Crippen LogP contribution in [0.25, 0.3) is 0 Å². The van der Waals surface area contributed by atoms with Gasteiger partial charge in [-0.05, 0) is 12.8 Å². The summed E-state index contributed by atoms with van der Waals surface area (Å²) in [5, 5.41) is 12.5. The normalized spacial score (nSPS) is 11.6. The van der Waals surface area contributed by atoms with Gasteiger partial charge in [0.2, 0.25) is 5.89 Å². The van der Waals surface area contributed by atoms with Gasteiger partial charge in [-0.25, -0.2) is 4.79 Å². The van der Waals surface area contributed by atoms with Crippen LogP contribution in [-0.4, -0.2) is 27.4 Å². The number of halogens is 3. The molecule has 0 aliphatic heterocycles. The van der Waals surface area contributed by atoms with Crippen LogP contribution >= 0.6 is 0 Å². The molecule has 0 spiro atoms. The van der Waals surface area contributed by atoms with Crippen molar-refractivity contribution in [2.24, 2.45) is 0 Å². The molecule has 0 atom stereocenters. The van der Waals surface area contributed by atoms with Crippen molar-refractivity contribution in [3.05, 3.63) is 23.9 Å². The van der Waals surface area contributed by atoms with E-state index in [1.54, 1.807) is 0 Å². The SMILES string of the molecule is C=C(Cc1nc(CCCCCCCCC(F)(F)F)no1)C(=O)O. The van der Waals surface area contributed by atoms with Gasteiger partial charge in [0.25, 0.3) is 0 Å². The van der Waals surface area contributed by atoms with Crippen molar-refractivity contribution in [2.45, 2.75) is 64.0 Å². The summed E-state index contributed by atoms with van der Waals surface area (Å²) in [6.45, 7) is 3.39. The molecule has 8 heteroatoms. The molecule has 5 nitrogen and oxygen atoms in total. The first-order valence-electron chi connectivity index (χ1n) is 7.57. The summed E-state index contributed by atoms with van der Waals surface area (Å²) < 4.78 is 40.7. The van der Waals surface area contributed by atoms with E-state index in [2.05, 4.69) is 16.7 Å². The Labute approximate surface area is 132 Å². The number of aromatic nitrogens is 2. The van der Waals surface area contributed by atoms with E-state index in [1.807, 2.05) is 0 Å². The number of aliphatic carboxylic acids is 1. The van der Waals surface area contributed by atoms with E-state index in [4.69, 9.17) is 9.63 Å². The van der Waals surface area contributed by atoms with Crippen molar-refractivity contribution < 1.29 is 27.6 Å². The van der Waals surface area contributed by atoms with Crippen molar-refractivity contribution in [1.29, 1.82) is 0 Å². The maximum absolute atomic E-state index is 11.9. The number of unbranched alkanes of at least 4 members (excludes halogenated alkanes) is 5. The van der Waals surface area contributed by atoms with Crippen LogP contribution in [0.1, 0.15) is 56.7 Å². The second-order valence-corrected chi connectivity index (χ2v) is 5.43. The third kappa shape index (κ3) is 9.00. The average Bonchev–Trinajstić information content (AvgIpc) is 2.88. The molecule has 0 saturated heterocycles. The minimum atomic E-state index is -4.05. The summed E-state index contributed by atoms with van der Waals surface area (Å²) in [5.74, 6) is -0.370. The fraction of sp³-hybridized carbons (Fsp3) is 0.667. The highest BCUT2D eigenvalue weighted by Crippen LogP contribution is 2.23. The lowest BCUT2D eigenvalue weighted by atomic mass is 10.1. The molecule has 0 fully saturated rings. The largest absolute Gasteiger partial charge is 0.478 e. The number of hydrogen-bond acceptors (Lipinski definition) is 4. The van der Waals surface area contributed by atoms with Gasteiger partial charge in [-0.3, -0.25) is 0 Å². The zero-order valence-electron chi connectivity index (χ0n) is 12.9. The second-order valence-electron chi connectivity index (χ2n) is 5.43. The van der Waals surface area contributed by atoms with Crippen LogP contribution in [0, 0.1) is 0 Å². The summed E-state index contributed by atoms with van der Waals surface area (Å²) in [5.41, 5.74) is -0.0148. The number of carboxylic acid groups (broad SMARTS) is 1. The van der Waals surface area contributed by atoms with Crippen LogP contribution in [0.15, 0.2) is 16.7 Å². The third-order valence-electron chi connectivity index (χ3n) is 3.29. The van der Waals surface area contributed by atoms with Gasteiger partial charge >= 0.3 is 12.1 Å². The fourth-order valence-electron chi connectivity index (χ4n) is 2.04. The molecule has 1 aromatic rings. The Morgan fingerprint density at radius 1 is 1.13 bits per heavy atom. The van der Waals surface area contributed by atoms with Crippen molar-refractivity contribution in [2.75, 3.05) is 0 Å². The smallest absolute Gasteiger partial charge is 0.389 e. The minimum absolute atomic E-state index is 0.0148. The average molecular weight is 334 g/mol. The van der Waals surface area contributed by atoms with Crippen molar-refractivity contribution in [3.8, 4) is 0 Å². The van der Waals surface area contributed by atoms with Crippen molar-refractivity contribution >= 4 is 5.97 Å². The number of nitrogens with zero attached hydrogens (tertiary/aromatic N) is 2. The van der Waals surface area contributed by atoms with Crippen LogP contribution in [-0.2, 0) is 17.6 Å². The highest BCUT2D eigenvalue weighted by molar-refractivity contribution is 5.86. The standard InChI is InChI=1S/C15H21F3N2O3/c1-11(14(21)22)10-13-19-12(20-23-13)8-6-4-2-3-5-7-9-15(16,17)18/h1-10H2,(H,21,22). The van der Waals surface area contributed by atoms with Crippen LogP contribution in [0.3, 0.4) is 0 Å². The lowest BCUT2D eigenvalue weighted by Gasteiger charge is -2.05. The van der Waals surface area contributed by atoms with E-state index in [0.29, 0.717) is 18.7 Å². The van der Waals surface area contributed by atoms with Crippen LogP contribution in [0.2, 0.25) is 0 Å². The molecule has 23 heavy (non-hydrogen) atoms. The van der Waals surface area contributed by atoms with E-state index >= 15 is 0 Å². The van der Waals surface area contributed by atoms with Gasteiger partial charge in [-0.1, -0.05) is 37.4 Å². The lowest BCUT2D eigenvalue weighted by Crippen LogP contribution is -2.06. The van der Waals surface area contributed by atoms with Crippen LogP contribution in [0.5, 0.6) is 0 Å². The second kappa shape index (κ2) is 9.32. The summed E-state index contributed by atoms with van der Waals surface area (Å²) in [7, 11) is 0. The zero-order valence-corrected chi connectivity index (χ0v) is 12.9. The molecule has 1 N–H and O–H groups in total. The van der Waals surface area contributed by atoms with E-state index < -0.39 is 18.6 Å². The predicted octanol–water partition coefficient (Wildman–Crippen LogP) is 4.09. The molecule has 0 unspecified atom stereocenters. The molecular weight excluding hydrogens is 313 g/mol. The summed E-state index contributed by atoms with van der Waals surface area (Å²) >= 11 is 0. The number of hydrogen-bond donors (Lipinski definition) is 1. The first kappa shape index (κ1) is 19.2. The maximum atomic E-state index is 11.9. The van der Waals surface area contributed by atoms with Gasteiger partial charge in [0.15, 0.2) is 5.82 Å². The quantitative estimate of drug-likeness (QED) is 0.487. The molecule has 1 heterocycles. The number of aryl methyl sites for hydroxylation is 1. The Bertz CT molecular complexity index is 512. The molecule has 1 rings (SSSR count). The topological polar surface area (TPSA) is 76.2 Å². The monoisotopic (exact) mass is 334 g/mol. The number of alkyl halides is 3. The summed E-state index contributed by atoms with van der Waals surface area (Å²) in [6.07, 6.45) is -0.00967. The molecule has 0 aliphatic carbocycles. The highest BCUT2D eigenvalue weighted by Gasteiger charge is 2.25. The van der Waals surface area contributed by atoms with Crippen LogP contribution in [0.4, 0.5) is 13.2 Å². The Kier molecular flexibility index (Phi) is 7.77. The summed E-state index contributed by atoms with van der Waals surface area (Å²) in [6, 6.07) is 0. The van der Waals surface area contributed by atoms with Gasteiger partial charge in [0, 0.05) is 18.4 Å². The summed E-state index contributed by atoms with van der Waals surface area (Å²) in [4.78, 5) is 14.7. The van der Waals surface area contributed by atoms with E-state index in [0.717, 1.165) is 25.7 Å². The predicted molar refractivity (Wildman–Crippen MR) is 76.9 cm³/mol. The van der Waals surface area contributed by atoms with Gasteiger partial charge in [-0.15, -0.1) is 0 Å². The van der Waals surface area contributed by atoms with Crippen molar-refractivity contribution in [1.82, 2.24) is 10.1 Å². The number of carboxylic acids is 1. The van der Waals surface area contributed by atoms with E-state index in [-0.39, 0.29) is 24.3 Å². The van der Waals surface area contributed by atoms with Gasteiger partial charge < -0.3 is 9.63 Å². The molecule has 0 bridgehead atoms. The lowest BCUT2D eigenvalue weighted by molar-refractivity contribution is -0.135. The molecule has 0 aliphatic rings. The Hall–Kier alpha value is -1.86. The van der Waals surface area contributed by atoms with Crippen molar-refractivity contribution in [3.63, 3.8) is 0 Å². The molecule has 0 amide bonds.